The second kappa shape index (κ2) is 5.95. The van der Waals surface area contributed by atoms with Crippen molar-refractivity contribution in [2.45, 2.75) is 39.2 Å². The lowest BCUT2D eigenvalue weighted by Crippen LogP contribution is -2.53. The van der Waals surface area contributed by atoms with Gasteiger partial charge in [0.1, 0.15) is 5.82 Å². The van der Waals surface area contributed by atoms with E-state index in [1.54, 1.807) is 0 Å². The minimum atomic E-state index is 0.547. The number of nitrogens with zero attached hydrogens (tertiary/aromatic N) is 3. The van der Waals surface area contributed by atoms with Gasteiger partial charge < -0.3 is 15.5 Å². The van der Waals surface area contributed by atoms with Crippen LogP contribution in [0.2, 0.25) is 0 Å². The van der Waals surface area contributed by atoms with E-state index >= 15 is 0 Å². The average Bonchev–Trinajstić information content (AvgIpc) is 2.46. The van der Waals surface area contributed by atoms with Crippen LogP contribution < -0.4 is 10.6 Å². The number of nitrogens with one attached hydrogen (secondary N) is 2. The number of hydrogen-bond donors (Lipinski definition) is 2. The van der Waals surface area contributed by atoms with E-state index < -0.39 is 0 Å². The highest BCUT2D eigenvalue weighted by Crippen LogP contribution is 2.29. The van der Waals surface area contributed by atoms with Crippen molar-refractivity contribution in [2.24, 2.45) is 5.92 Å². The summed E-state index contributed by atoms with van der Waals surface area (Å²) in [6, 6.07) is 2.60. The van der Waals surface area contributed by atoms with Gasteiger partial charge in [-0.2, -0.15) is 4.98 Å². The van der Waals surface area contributed by atoms with Crippen LogP contribution in [0.25, 0.3) is 0 Å². The van der Waals surface area contributed by atoms with E-state index in [9.17, 15) is 0 Å². The van der Waals surface area contributed by atoms with Crippen molar-refractivity contribution in [3.63, 3.8) is 0 Å². The molecule has 2 N–H and O–H groups in total. The molecule has 0 saturated carbocycles. The van der Waals surface area contributed by atoms with Crippen LogP contribution in [-0.2, 0) is 0 Å². The van der Waals surface area contributed by atoms with Crippen molar-refractivity contribution < 1.29 is 0 Å². The van der Waals surface area contributed by atoms with Gasteiger partial charge in [0.25, 0.3) is 0 Å². The molecule has 4 heterocycles. The molecule has 3 fully saturated rings. The monoisotopic (exact) mass is 275 g/mol. The fraction of sp³-hybridized carbons (Fsp3) is 0.733. The lowest BCUT2D eigenvalue weighted by molar-refractivity contribution is 0.0974. The van der Waals surface area contributed by atoms with Crippen LogP contribution in [0.15, 0.2) is 6.07 Å². The van der Waals surface area contributed by atoms with E-state index in [0.29, 0.717) is 6.04 Å². The predicted octanol–water partition coefficient (Wildman–Crippen LogP) is 2.11. The van der Waals surface area contributed by atoms with Crippen molar-refractivity contribution in [3.05, 3.63) is 11.8 Å². The van der Waals surface area contributed by atoms with Crippen LogP contribution in [0.4, 0.5) is 11.8 Å². The van der Waals surface area contributed by atoms with Crippen molar-refractivity contribution in [2.75, 3.05) is 36.8 Å². The molecule has 1 aromatic rings. The second-order valence-electron chi connectivity index (χ2n) is 6.03. The van der Waals surface area contributed by atoms with Crippen molar-refractivity contribution in [3.8, 4) is 0 Å². The van der Waals surface area contributed by atoms with Gasteiger partial charge in [0.2, 0.25) is 5.95 Å². The van der Waals surface area contributed by atoms with Gasteiger partial charge in [-0.25, -0.2) is 4.98 Å². The number of aromatic nitrogens is 2. The summed E-state index contributed by atoms with van der Waals surface area (Å²) in [5, 5.41) is 6.91. The van der Waals surface area contributed by atoms with Gasteiger partial charge in [0.05, 0.1) is 0 Å². The molecule has 0 spiro atoms. The highest BCUT2D eigenvalue weighted by molar-refractivity contribution is 5.43. The summed E-state index contributed by atoms with van der Waals surface area (Å²) in [5.74, 6) is 2.52. The zero-order valence-corrected chi connectivity index (χ0v) is 12.5. The highest BCUT2D eigenvalue weighted by atomic mass is 15.2. The highest BCUT2D eigenvalue weighted by Gasteiger charge is 2.34. The van der Waals surface area contributed by atoms with Crippen molar-refractivity contribution in [1.82, 2.24) is 14.9 Å². The Morgan fingerprint density at radius 2 is 2.10 bits per heavy atom. The van der Waals surface area contributed by atoms with E-state index in [1.165, 1.54) is 25.9 Å². The first kappa shape index (κ1) is 13.6. The zero-order valence-electron chi connectivity index (χ0n) is 12.5. The molecule has 5 heteroatoms. The lowest BCUT2D eigenvalue weighted by Gasteiger charge is -2.45. The average molecular weight is 275 g/mol. The number of aryl methyl sites for hydroxylation is 1. The molecule has 1 unspecified atom stereocenters. The number of rotatable bonds is 5. The first-order chi connectivity index (χ1) is 9.74. The third kappa shape index (κ3) is 3.03. The number of anilines is 2. The van der Waals surface area contributed by atoms with Crippen LogP contribution in [0.5, 0.6) is 0 Å². The zero-order chi connectivity index (χ0) is 13.9. The number of fused-ring (bicyclic) bond motifs is 3. The van der Waals surface area contributed by atoms with E-state index in [0.717, 1.165) is 42.9 Å². The Morgan fingerprint density at radius 1 is 1.30 bits per heavy atom. The molecule has 3 aliphatic rings. The molecule has 1 aromatic heterocycles. The summed E-state index contributed by atoms with van der Waals surface area (Å²) in [5.41, 5.74) is 1.02. The first-order valence-electron chi connectivity index (χ1n) is 7.83. The normalized spacial score (nSPS) is 28.4. The van der Waals surface area contributed by atoms with Gasteiger partial charge >= 0.3 is 0 Å². The summed E-state index contributed by atoms with van der Waals surface area (Å²) in [4.78, 5) is 11.6. The summed E-state index contributed by atoms with van der Waals surface area (Å²) < 4.78 is 0. The maximum atomic E-state index is 4.60. The maximum Gasteiger partial charge on any atom is 0.224 e. The number of hydrogen-bond acceptors (Lipinski definition) is 5. The molecule has 1 atom stereocenters. The quantitative estimate of drug-likeness (QED) is 0.862. The Bertz CT molecular complexity index is 454. The molecule has 3 aliphatic heterocycles. The molecule has 20 heavy (non-hydrogen) atoms. The molecule has 0 aromatic carbocycles. The lowest BCUT2D eigenvalue weighted by atomic mass is 9.84. The van der Waals surface area contributed by atoms with Gasteiger partial charge in [-0.15, -0.1) is 0 Å². The summed E-state index contributed by atoms with van der Waals surface area (Å²) >= 11 is 0. The Morgan fingerprint density at radius 3 is 2.75 bits per heavy atom. The topological polar surface area (TPSA) is 53.1 Å². The first-order valence-corrected chi connectivity index (χ1v) is 7.83. The Balaban J connectivity index is 1.68. The van der Waals surface area contributed by atoms with Crippen LogP contribution in [-0.4, -0.2) is 47.1 Å². The molecule has 110 valence electrons. The van der Waals surface area contributed by atoms with Crippen molar-refractivity contribution >= 4 is 11.8 Å². The maximum absolute atomic E-state index is 4.60. The molecule has 4 rings (SSSR count). The standard InChI is InChI=1S/C15H25N5/c1-3-6-16-15-17-11(2)9-14(19-15)18-13-10-20-7-4-12(13)5-8-20/h9,12-13H,3-8,10H2,1-2H3,(H2,16,17,18,19). The molecular weight excluding hydrogens is 250 g/mol. The fourth-order valence-electron chi connectivity index (χ4n) is 3.28. The molecule has 5 nitrogen and oxygen atoms in total. The summed E-state index contributed by atoms with van der Waals surface area (Å²) in [6.45, 7) is 8.80. The number of piperidine rings is 3. The molecule has 0 aliphatic carbocycles. The molecule has 2 bridgehead atoms. The Kier molecular flexibility index (Phi) is 4.05. The third-order valence-electron chi connectivity index (χ3n) is 4.38. The van der Waals surface area contributed by atoms with Crippen molar-refractivity contribution in [1.29, 1.82) is 0 Å². The second-order valence-corrected chi connectivity index (χ2v) is 6.03. The summed E-state index contributed by atoms with van der Waals surface area (Å²) in [7, 11) is 0. The predicted molar refractivity (Wildman–Crippen MR) is 82.1 cm³/mol. The van der Waals surface area contributed by atoms with E-state index in [2.05, 4.69) is 38.5 Å². The molecule has 0 amide bonds. The van der Waals surface area contributed by atoms with Crippen LogP contribution >= 0.6 is 0 Å². The molecular formula is C15H25N5. The Labute approximate surface area is 121 Å². The smallest absolute Gasteiger partial charge is 0.224 e. The van der Waals surface area contributed by atoms with E-state index in [4.69, 9.17) is 0 Å². The summed E-state index contributed by atoms with van der Waals surface area (Å²) in [6.07, 6.45) is 3.73. The third-order valence-corrected chi connectivity index (χ3v) is 4.38. The van der Waals surface area contributed by atoms with Gasteiger partial charge in [-0.1, -0.05) is 6.92 Å². The molecule has 3 saturated heterocycles. The van der Waals surface area contributed by atoms with Gasteiger partial charge in [0, 0.05) is 30.9 Å². The fourth-order valence-corrected chi connectivity index (χ4v) is 3.28. The van der Waals surface area contributed by atoms with E-state index in [-0.39, 0.29) is 0 Å². The minimum Gasteiger partial charge on any atom is -0.366 e. The largest absolute Gasteiger partial charge is 0.366 e. The van der Waals surface area contributed by atoms with Crippen LogP contribution in [0.1, 0.15) is 31.9 Å². The van der Waals surface area contributed by atoms with Crippen LogP contribution in [0.3, 0.4) is 0 Å². The molecule has 0 radical (unpaired) electrons. The minimum absolute atomic E-state index is 0.547. The van der Waals surface area contributed by atoms with E-state index in [1.807, 2.05) is 6.92 Å². The van der Waals surface area contributed by atoms with Gasteiger partial charge in [-0.3, -0.25) is 0 Å². The van der Waals surface area contributed by atoms with Gasteiger partial charge in [-0.05, 0) is 45.2 Å². The Hall–Kier alpha value is -1.36. The van der Waals surface area contributed by atoms with Crippen LogP contribution in [0, 0.1) is 12.8 Å². The van der Waals surface area contributed by atoms with Gasteiger partial charge in [0.15, 0.2) is 0 Å². The SMILES string of the molecule is CCCNc1nc(C)cc(NC2CN3CCC2CC3)n1.